The van der Waals surface area contributed by atoms with Crippen LogP contribution in [-0.2, 0) is 4.74 Å². The highest BCUT2D eigenvalue weighted by molar-refractivity contribution is 4.65. The molecule has 1 saturated heterocycles. The quantitative estimate of drug-likeness (QED) is 0.671. The highest BCUT2D eigenvalue weighted by Gasteiger charge is 2.10. The van der Waals surface area contributed by atoms with Crippen molar-refractivity contribution in [1.82, 2.24) is 5.32 Å². The molecule has 1 aliphatic heterocycles. The van der Waals surface area contributed by atoms with Crippen LogP contribution in [0.1, 0.15) is 32.6 Å². The van der Waals surface area contributed by atoms with Gasteiger partial charge in [0.05, 0.1) is 6.10 Å². The van der Waals surface area contributed by atoms with Gasteiger partial charge in [0.1, 0.15) is 0 Å². The van der Waals surface area contributed by atoms with Crippen molar-refractivity contribution in [3.8, 4) is 0 Å². The zero-order valence-electron chi connectivity index (χ0n) is 7.44. The maximum atomic E-state index is 5.67. The van der Waals surface area contributed by atoms with Gasteiger partial charge in [-0.3, -0.25) is 0 Å². The van der Waals surface area contributed by atoms with Gasteiger partial charge in [-0.2, -0.15) is 0 Å². The van der Waals surface area contributed by atoms with Gasteiger partial charge in [-0.25, -0.2) is 0 Å². The Kier molecular flexibility index (Phi) is 4.55. The lowest BCUT2D eigenvalue weighted by atomic mass is 10.2. The molecule has 0 aromatic heterocycles. The van der Waals surface area contributed by atoms with Gasteiger partial charge in [-0.05, 0) is 38.8 Å². The Morgan fingerprint density at radius 2 is 2.27 bits per heavy atom. The lowest BCUT2D eigenvalue weighted by molar-refractivity contribution is 0.0459. The fraction of sp³-hybridized carbons (Fsp3) is 1.00. The Balaban J connectivity index is 2.09. The van der Waals surface area contributed by atoms with Crippen molar-refractivity contribution in [3.63, 3.8) is 0 Å². The SMILES string of the molecule is CCCO[C@H]1CCCNCC1. The van der Waals surface area contributed by atoms with E-state index in [2.05, 4.69) is 12.2 Å². The first-order valence-electron chi connectivity index (χ1n) is 4.76. The number of hydrogen-bond acceptors (Lipinski definition) is 2. The first-order chi connectivity index (χ1) is 5.43. The fourth-order valence-corrected chi connectivity index (χ4v) is 1.44. The summed E-state index contributed by atoms with van der Waals surface area (Å²) in [4.78, 5) is 0. The minimum absolute atomic E-state index is 0.532. The molecule has 1 atom stereocenters. The van der Waals surface area contributed by atoms with Crippen LogP contribution in [0.25, 0.3) is 0 Å². The van der Waals surface area contributed by atoms with Gasteiger partial charge in [0, 0.05) is 6.61 Å². The molecule has 1 heterocycles. The monoisotopic (exact) mass is 157 g/mol. The average molecular weight is 157 g/mol. The maximum Gasteiger partial charge on any atom is 0.0587 e. The van der Waals surface area contributed by atoms with Gasteiger partial charge in [0.2, 0.25) is 0 Å². The van der Waals surface area contributed by atoms with Crippen LogP contribution in [0.2, 0.25) is 0 Å². The first-order valence-corrected chi connectivity index (χ1v) is 4.76. The Hall–Kier alpha value is -0.0800. The Labute approximate surface area is 69.3 Å². The van der Waals surface area contributed by atoms with Gasteiger partial charge in [0.15, 0.2) is 0 Å². The summed E-state index contributed by atoms with van der Waals surface area (Å²) in [6.07, 6.45) is 5.38. The third-order valence-corrected chi connectivity index (χ3v) is 2.08. The topological polar surface area (TPSA) is 21.3 Å². The summed E-state index contributed by atoms with van der Waals surface area (Å²) in [5.41, 5.74) is 0. The van der Waals surface area contributed by atoms with Gasteiger partial charge in [-0.1, -0.05) is 6.92 Å². The van der Waals surface area contributed by atoms with Crippen LogP contribution in [0, 0.1) is 0 Å². The van der Waals surface area contributed by atoms with E-state index in [1.165, 1.54) is 25.8 Å². The summed E-state index contributed by atoms with van der Waals surface area (Å²) in [6, 6.07) is 0. The Bertz CT molecular complexity index is 87.6. The summed E-state index contributed by atoms with van der Waals surface area (Å²) in [7, 11) is 0. The van der Waals surface area contributed by atoms with Crippen LogP contribution in [0.5, 0.6) is 0 Å². The Morgan fingerprint density at radius 3 is 3.09 bits per heavy atom. The fourth-order valence-electron chi connectivity index (χ4n) is 1.44. The van der Waals surface area contributed by atoms with E-state index in [1.807, 2.05) is 0 Å². The van der Waals surface area contributed by atoms with E-state index >= 15 is 0 Å². The molecule has 1 fully saturated rings. The van der Waals surface area contributed by atoms with Gasteiger partial charge < -0.3 is 10.1 Å². The minimum atomic E-state index is 0.532. The van der Waals surface area contributed by atoms with Crippen molar-refractivity contribution in [2.45, 2.75) is 38.7 Å². The van der Waals surface area contributed by atoms with Crippen LogP contribution in [-0.4, -0.2) is 25.8 Å². The molecule has 1 N–H and O–H groups in total. The van der Waals surface area contributed by atoms with E-state index in [0.29, 0.717) is 6.10 Å². The molecule has 0 aliphatic carbocycles. The average Bonchev–Trinajstić information content (AvgIpc) is 2.28. The van der Waals surface area contributed by atoms with Crippen LogP contribution in [0.3, 0.4) is 0 Å². The highest BCUT2D eigenvalue weighted by Crippen LogP contribution is 2.09. The first kappa shape index (κ1) is 9.01. The summed E-state index contributed by atoms with van der Waals surface area (Å²) in [5, 5.41) is 3.37. The molecule has 0 aromatic rings. The number of rotatable bonds is 3. The van der Waals surface area contributed by atoms with Crippen LogP contribution < -0.4 is 5.32 Å². The molecule has 0 aromatic carbocycles. The summed E-state index contributed by atoms with van der Waals surface area (Å²) in [6.45, 7) is 5.40. The summed E-state index contributed by atoms with van der Waals surface area (Å²) < 4.78 is 5.67. The molecule has 2 heteroatoms. The minimum Gasteiger partial charge on any atom is -0.378 e. The summed E-state index contributed by atoms with van der Waals surface area (Å²) in [5.74, 6) is 0. The number of ether oxygens (including phenoxy) is 1. The maximum absolute atomic E-state index is 5.67. The van der Waals surface area contributed by atoms with Crippen molar-refractivity contribution in [1.29, 1.82) is 0 Å². The predicted molar refractivity (Wildman–Crippen MR) is 46.8 cm³/mol. The van der Waals surface area contributed by atoms with Crippen molar-refractivity contribution >= 4 is 0 Å². The molecular formula is C9H19NO. The molecular weight excluding hydrogens is 138 g/mol. The zero-order chi connectivity index (χ0) is 7.94. The van der Waals surface area contributed by atoms with Crippen LogP contribution in [0.15, 0.2) is 0 Å². The lowest BCUT2D eigenvalue weighted by Crippen LogP contribution is -2.17. The van der Waals surface area contributed by atoms with Crippen molar-refractivity contribution in [3.05, 3.63) is 0 Å². The second-order valence-electron chi connectivity index (χ2n) is 3.17. The Morgan fingerprint density at radius 1 is 1.36 bits per heavy atom. The van der Waals surface area contributed by atoms with E-state index in [9.17, 15) is 0 Å². The molecule has 0 bridgehead atoms. The largest absolute Gasteiger partial charge is 0.378 e. The standard InChI is InChI=1S/C9H19NO/c1-2-8-11-9-4-3-6-10-7-5-9/h9-10H,2-8H2,1H3/t9-/m0/s1. The number of nitrogens with one attached hydrogen (secondary N) is 1. The predicted octanol–water partition coefficient (Wildman–Crippen LogP) is 1.56. The third-order valence-electron chi connectivity index (χ3n) is 2.08. The molecule has 11 heavy (non-hydrogen) atoms. The van der Waals surface area contributed by atoms with Gasteiger partial charge in [-0.15, -0.1) is 0 Å². The smallest absolute Gasteiger partial charge is 0.0587 e. The zero-order valence-corrected chi connectivity index (χ0v) is 7.44. The van der Waals surface area contributed by atoms with Gasteiger partial charge in [0.25, 0.3) is 0 Å². The van der Waals surface area contributed by atoms with E-state index in [4.69, 9.17) is 4.74 Å². The molecule has 1 aliphatic rings. The lowest BCUT2D eigenvalue weighted by Gasteiger charge is -2.13. The second kappa shape index (κ2) is 5.56. The molecule has 0 unspecified atom stereocenters. The van der Waals surface area contributed by atoms with Crippen LogP contribution >= 0.6 is 0 Å². The van der Waals surface area contributed by atoms with Crippen molar-refractivity contribution < 1.29 is 4.74 Å². The van der Waals surface area contributed by atoms with E-state index < -0.39 is 0 Å². The molecule has 2 nitrogen and oxygen atoms in total. The molecule has 0 radical (unpaired) electrons. The third kappa shape index (κ3) is 3.73. The second-order valence-corrected chi connectivity index (χ2v) is 3.17. The van der Waals surface area contributed by atoms with E-state index in [1.54, 1.807) is 0 Å². The van der Waals surface area contributed by atoms with Gasteiger partial charge >= 0.3 is 0 Å². The van der Waals surface area contributed by atoms with Crippen LogP contribution in [0.4, 0.5) is 0 Å². The molecule has 1 rings (SSSR count). The highest BCUT2D eigenvalue weighted by atomic mass is 16.5. The molecule has 0 spiro atoms. The van der Waals surface area contributed by atoms with E-state index in [-0.39, 0.29) is 0 Å². The normalized spacial score (nSPS) is 26.5. The summed E-state index contributed by atoms with van der Waals surface area (Å²) >= 11 is 0. The van der Waals surface area contributed by atoms with E-state index in [0.717, 1.165) is 19.6 Å². The van der Waals surface area contributed by atoms with Crippen molar-refractivity contribution in [2.75, 3.05) is 19.7 Å². The molecule has 0 amide bonds. The number of hydrogen-bond donors (Lipinski definition) is 1. The molecule has 0 saturated carbocycles. The molecule has 66 valence electrons. The van der Waals surface area contributed by atoms with Crippen molar-refractivity contribution in [2.24, 2.45) is 0 Å².